The lowest BCUT2D eigenvalue weighted by Crippen LogP contribution is -2.47. The molecule has 1 atom stereocenters. The van der Waals surface area contributed by atoms with Crippen LogP contribution in [0.2, 0.25) is 0 Å². The Morgan fingerprint density at radius 3 is 2.37 bits per heavy atom. The van der Waals surface area contributed by atoms with Crippen molar-refractivity contribution in [3.63, 3.8) is 0 Å². The summed E-state index contributed by atoms with van der Waals surface area (Å²) in [7, 11) is 0. The average molecular weight is 477 g/mol. The number of alkyl carbamates (subject to hydrolysis) is 1. The zero-order valence-corrected chi connectivity index (χ0v) is 18.7. The fourth-order valence-electron chi connectivity index (χ4n) is 2.89. The van der Waals surface area contributed by atoms with Crippen molar-refractivity contribution < 1.29 is 23.8 Å². The van der Waals surface area contributed by atoms with E-state index in [0.717, 1.165) is 5.56 Å². The minimum atomic E-state index is -0.831. The first-order valence-electron chi connectivity index (χ1n) is 9.65. The minimum absolute atomic E-state index is 0.314. The molecule has 1 aliphatic rings. The Morgan fingerprint density at radius 2 is 1.73 bits per heavy atom. The number of benzene rings is 2. The molecule has 1 aliphatic heterocycles. The number of ether oxygens (including phenoxy) is 3. The summed E-state index contributed by atoms with van der Waals surface area (Å²) in [6, 6.07) is 12.1. The highest BCUT2D eigenvalue weighted by Crippen LogP contribution is 2.38. The first kappa shape index (κ1) is 22.0. The van der Waals surface area contributed by atoms with Crippen LogP contribution in [0.25, 0.3) is 0 Å². The van der Waals surface area contributed by atoms with Crippen LogP contribution in [0.5, 0.6) is 11.5 Å². The summed E-state index contributed by atoms with van der Waals surface area (Å²) in [5.74, 6) is 0.792. The zero-order valence-electron chi connectivity index (χ0n) is 17.2. The van der Waals surface area contributed by atoms with Crippen LogP contribution < -0.4 is 20.1 Å². The van der Waals surface area contributed by atoms with Crippen molar-refractivity contribution in [3.05, 3.63) is 52.5 Å². The Balaban J connectivity index is 1.78. The van der Waals surface area contributed by atoms with E-state index in [9.17, 15) is 9.59 Å². The summed E-state index contributed by atoms with van der Waals surface area (Å²) < 4.78 is 17.1. The maximum absolute atomic E-state index is 13.1. The molecule has 0 radical (unpaired) electrons. The van der Waals surface area contributed by atoms with Gasteiger partial charge in [-0.25, -0.2) is 4.79 Å². The molecule has 0 saturated carbocycles. The smallest absolute Gasteiger partial charge is 0.408 e. The van der Waals surface area contributed by atoms with E-state index in [2.05, 4.69) is 26.6 Å². The minimum Gasteiger partial charge on any atom is -0.486 e. The molecule has 0 bridgehead atoms. The molecular weight excluding hydrogens is 452 g/mol. The largest absolute Gasteiger partial charge is 0.486 e. The molecule has 2 aromatic carbocycles. The van der Waals surface area contributed by atoms with Gasteiger partial charge in [0.15, 0.2) is 11.5 Å². The second kappa shape index (κ2) is 9.38. The van der Waals surface area contributed by atoms with Gasteiger partial charge in [0.1, 0.15) is 24.9 Å². The van der Waals surface area contributed by atoms with E-state index < -0.39 is 17.7 Å². The van der Waals surface area contributed by atoms with Gasteiger partial charge in [-0.2, -0.15) is 0 Å². The van der Waals surface area contributed by atoms with Crippen molar-refractivity contribution in [1.82, 2.24) is 5.32 Å². The van der Waals surface area contributed by atoms with Gasteiger partial charge in [-0.15, -0.1) is 0 Å². The van der Waals surface area contributed by atoms with E-state index in [1.165, 1.54) is 0 Å². The quantitative estimate of drug-likeness (QED) is 0.671. The van der Waals surface area contributed by atoms with E-state index >= 15 is 0 Å². The van der Waals surface area contributed by atoms with Gasteiger partial charge in [-0.3, -0.25) is 4.79 Å². The zero-order chi connectivity index (χ0) is 21.7. The molecular formula is C22H25BrN2O5. The van der Waals surface area contributed by atoms with Crippen LogP contribution in [0.3, 0.4) is 0 Å². The highest BCUT2D eigenvalue weighted by atomic mass is 79.9. The summed E-state index contributed by atoms with van der Waals surface area (Å²) in [4.78, 5) is 25.4. The number of nitrogens with one attached hydrogen (secondary N) is 2. The summed E-state index contributed by atoms with van der Waals surface area (Å²) in [5, 5.41) is 5.54. The Kier molecular flexibility index (Phi) is 6.87. The molecule has 0 fully saturated rings. The SMILES string of the molecule is CC(C)(C)OC(=O)NC(Cc1ccccc1)C(=O)Nc1cc2c(cc1Br)OCCO2. The monoisotopic (exact) mass is 476 g/mol. The lowest BCUT2D eigenvalue weighted by atomic mass is 10.1. The third-order valence-corrected chi connectivity index (χ3v) is 4.84. The third-order valence-electron chi connectivity index (χ3n) is 4.18. The Hall–Kier alpha value is -2.74. The standard InChI is InChI=1S/C22H25BrN2O5/c1-22(2,3)30-21(27)25-17(11-14-7-5-4-6-8-14)20(26)24-16-13-19-18(12-15(16)23)28-9-10-29-19/h4-8,12-13,17H,9-11H2,1-3H3,(H,24,26)(H,25,27). The van der Waals surface area contributed by atoms with Crippen LogP contribution in [-0.2, 0) is 16.0 Å². The van der Waals surface area contributed by atoms with Crippen LogP contribution in [-0.4, -0.2) is 36.9 Å². The van der Waals surface area contributed by atoms with Gasteiger partial charge < -0.3 is 24.8 Å². The summed E-state index contributed by atoms with van der Waals surface area (Å²) >= 11 is 3.45. The predicted molar refractivity (Wildman–Crippen MR) is 117 cm³/mol. The summed E-state index contributed by atoms with van der Waals surface area (Å²) in [5.41, 5.74) is 0.764. The van der Waals surface area contributed by atoms with Gasteiger partial charge in [0.2, 0.25) is 5.91 Å². The molecule has 0 saturated heterocycles. The highest BCUT2D eigenvalue weighted by molar-refractivity contribution is 9.10. The van der Waals surface area contributed by atoms with Crippen molar-refractivity contribution in [2.24, 2.45) is 0 Å². The maximum Gasteiger partial charge on any atom is 0.408 e. The van der Waals surface area contributed by atoms with Crippen LogP contribution in [0.4, 0.5) is 10.5 Å². The normalized spacial score (nSPS) is 13.9. The Labute approximate surface area is 184 Å². The van der Waals surface area contributed by atoms with Crippen molar-refractivity contribution in [3.8, 4) is 11.5 Å². The molecule has 2 N–H and O–H groups in total. The molecule has 160 valence electrons. The Bertz CT molecular complexity index is 912. The second-order valence-electron chi connectivity index (χ2n) is 7.85. The molecule has 2 aromatic rings. The lowest BCUT2D eigenvalue weighted by Gasteiger charge is -2.24. The number of hydrogen-bond donors (Lipinski definition) is 2. The van der Waals surface area contributed by atoms with E-state index in [1.54, 1.807) is 32.9 Å². The fourth-order valence-corrected chi connectivity index (χ4v) is 3.31. The molecule has 2 amide bonds. The van der Waals surface area contributed by atoms with E-state index in [-0.39, 0.29) is 5.91 Å². The molecule has 0 aliphatic carbocycles. The number of rotatable bonds is 5. The molecule has 30 heavy (non-hydrogen) atoms. The van der Waals surface area contributed by atoms with E-state index in [1.807, 2.05) is 30.3 Å². The van der Waals surface area contributed by atoms with E-state index in [0.29, 0.717) is 41.3 Å². The molecule has 3 rings (SSSR count). The van der Waals surface area contributed by atoms with Crippen LogP contribution in [0.15, 0.2) is 46.9 Å². The second-order valence-corrected chi connectivity index (χ2v) is 8.71. The lowest BCUT2D eigenvalue weighted by molar-refractivity contribution is -0.118. The van der Waals surface area contributed by atoms with Crippen LogP contribution in [0, 0.1) is 0 Å². The van der Waals surface area contributed by atoms with Crippen LogP contribution in [0.1, 0.15) is 26.3 Å². The Morgan fingerprint density at radius 1 is 1.10 bits per heavy atom. The van der Waals surface area contributed by atoms with Gasteiger partial charge >= 0.3 is 6.09 Å². The number of fused-ring (bicyclic) bond motifs is 1. The van der Waals surface area contributed by atoms with E-state index in [4.69, 9.17) is 14.2 Å². The first-order chi connectivity index (χ1) is 14.2. The van der Waals surface area contributed by atoms with Gasteiger partial charge in [-0.1, -0.05) is 30.3 Å². The molecule has 0 spiro atoms. The molecule has 1 heterocycles. The molecule has 8 heteroatoms. The average Bonchev–Trinajstić information content (AvgIpc) is 2.67. The van der Waals surface area contributed by atoms with Crippen LogP contribution >= 0.6 is 15.9 Å². The number of anilines is 1. The van der Waals surface area contributed by atoms with Crippen molar-refractivity contribution in [1.29, 1.82) is 0 Å². The number of halogens is 1. The molecule has 0 aromatic heterocycles. The van der Waals surface area contributed by atoms with Crippen molar-refractivity contribution in [2.45, 2.75) is 38.8 Å². The number of carbonyl (C=O) groups is 2. The molecule has 1 unspecified atom stereocenters. The van der Waals surface area contributed by atoms with Gasteiger partial charge in [-0.05, 0) is 42.3 Å². The number of carbonyl (C=O) groups excluding carboxylic acids is 2. The van der Waals surface area contributed by atoms with Crippen molar-refractivity contribution in [2.75, 3.05) is 18.5 Å². The highest BCUT2D eigenvalue weighted by Gasteiger charge is 2.26. The maximum atomic E-state index is 13.1. The fraction of sp³-hybridized carbons (Fsp3) is 0.364. The topological polar surface area (TPSA) is 85.9 Å². The first-order valence-corrected chi connectivity index (χ1v) is 10.4. The number of hydrogen-bond acceptors (Lipinski definition) is 5. The molecule has 7 nitrogen and oxygen atoms in total. The number of amides is 2. The van der Waals surface area contributed by atoms with Gasteiger partial charge in [0, 0.05) is 23.0 Å². The summed E-state index contributed by atoms with van der Waals surface area (Å²) in [6.07, 6.45) is -0.339. The summed E-state index contributed by atoms with van der Waals surface area (Å²) in [6.45, 7) is 6.23. The van der Waals surface area contributed by atoms with Gasteiger partial charge in [0.25, 0.3) is 0 Å². The third kappa shape index (κ3) is 6.13. The predicted octanol–water partition coefficient (Wildman–Crippen LogP) is 4.29. The van der Waals surface area contributed by atoms with Gasteiger partial charge in [0.05, 0.1) is 5.69 Å². The van der Waals surface area contributed by atoms with Crippen molar-refractivity contribution >= 4 is 33.6 Å².